The summed E-state index contributed by atoms with van der Waals surface area (Å²) in [5.74, 6) is 0.253. The Hall–Kier alpha value is -3.02. The summed E-state index contributed by atoms with van der Waals surface area (Å²) < 4.78 is 49.7. The van der Waals surface area contributed by atoms with Gasteiger partial charge in [0.05, 0.1) is 26.2 Å². The summed E-state index contributed by atoms with van der Waals surface area (Å²) in [5.41, 5.74) is 1.15. The Bertz CT molecular complexity index is 1070. The summed E-state index contributed by atoms with van der Waals surface area (Å²) >= 11 is 0. The molecule has 2 aromatic rings. The molecule has 32 heavy (non-hydrogen) atoms. The first-order valence-electron chi connectivity index (χ1n) is 9.86. The minimum Gasteiger partial charge on any atom is -0.493 e. The third kappa shape index (κ3) is 4.59. The van der Waals surface area contributed by atoms with Crippen molar-refractivity contribution in [3.8, 4) is 23.0 Å². The zero-order chi connectivity index (χ0) is 23.3. The normalized spacial score (nSPS) is 15.1. The van der Waals surface area contributed by atoms with E-state index in [0.29, 0.717) is 24.3 Å². The summed E-state index contributed by atoms with van der Waals surface area (Å²) in [5, 5.41) is 9.16. The van der Waals surface area contributed by atoms with Crippen molar-refractivity contribution in [2.45, 2.75) is 23.8 Å². The number of rotatable bonds is 8. The number of benzene rings is 2. The predicted molar refractivity (Wildman–Crippen MR) is 116 cm³/mol. The van der Waals surface area contributed by atoms with E-state index in [4.69, 9.17) is 24.2 Å². The molecule has 2 N–H and O–H groups in total. The first-order chi connectivity index (χ1) is 15.4. The van der Waals surface area contributed by atoms with E-state index in [9.17, 15) is 13.2 Å². The molecular formula is C21H28N2O8S. The van der Waals surface area contributed by atoms with E-state index in [-0.39, 0.29) is 42.6 Å². The molecule has 1 saturated heterocycles. The van der Waals surface area contributed by atoms with Gasteiger partial charge in [-0.3, -0.25) is 10.0 Å². The fraction of sp³-hybridized carbons (Fsp3) is 0.381. The number of nitrogens with zero attached hydrogens (tertiary/aromatic N) is 1. The molecule has 1 heterocycles. The number of sulfonamides is 1. The lowest BCUT2D eigenvalue weighted by Crippen LogP contribution is -2.42. The van der Waals surface area contributed by atoms with Gasteiger partial charge in [0.25, 0.3) is 5.91 Å². The Kier molecular flexibility index (Phi) is 7.44. The van der Waals surface area contributed by atoms with Crippen LogP contribution >= 0.6 is 0 Å². The smallest absolute Gasteiger partial charge is 0.279 e. The number of piperidine rings is 1. The summed E-state index contributed by atoms with van der Waals surface area (Å²) in [4.78, 5) is 12.0. The van der Waals surface area contributed by atoms with Crippen LogP contribution in [0, 0.1) is 0 Å². The number of carbonyl (C=O) groups excluding carboxylic acids is 1. The highest BCUT2D eigenvalue weighted by Gasteiger charge is 2.35. The van der Waals surface area contributed by atoms with Crippen LogP contribution in [-0.2, 0) is 10.0 Å². The van der Waals surface area contributed by atoms with Crippen LogP contribution in [0.1, 0.15) is 24.6 Å². The van der Waals surface area contributed by atoms with E-state index in [1.807, 2.05) is 12.1 Å². The second-order valence-electron chi connectivity index (χ2n) is 6.99. The van der Waals surface area contributed by atoms with Gasteiger partial charge in [-0.05, 0) is 37.1 Å². The molecule has 0 radical (unpaired) electrons. The lowest BCUT2D eigenvalue weighted by atomic mass is 10.1. The standard InChI is InChI=1S/C21H26N2O8S.H2/c1-28-15-6-4-5-7-16(15)31-14-10-12-23(13-11-14)32(26,27)18-9-8-17(29-2)20(30-3)19(18)21(24)22-25;/h4-9,14,25H,10-13H2,1-3H3,(H,22,24);1H. The molecule has 11 heteroatoms. The summed E-state index contributed by atoms with van der Waals surface area (Å²) in [6.45, 7) is 0.382. The van der Waals surface area contributed by atoms with Gasteiger partial charge in [-0.2, -0.15) is 4.31 Å². The van der Waals surface area contributed by atoms with Gasteiger partial charge in [0.2, 0.25) is 10.0 Å². The van der Waals surface area contributed by atoms with Crippen molar-refractivity contribution >= 4 is 15.9 Å². The quantitative estimate of drug-likeness (QED) is 0.447. The zero-order valence-electron chi connectivity index (χ0n) is 18.0. The first kappa shape index (κ1) is 23.6. The maximum absolute atomic E-state index is 13.4. The molecule has 0 aromatic heterocycles. The first-order valence-corrected chi connectivity index (χ1v) is 11.3. The second kappa shape index (κ2) is 10.1. The Morgan fingerprint density at radius 2 is 1.62 bits per heavy atom. The largest absolute Gasteiger partial charge is 0.493 e. The summed E-state index contributed by atoms with van der Waals surface area (Å²) in [6.07, 6.45) is 0.710. The molecule has 1 aliphatic heterocycles. The zero-order valence-corrected chi connectivity index (χ0v) is 18.8. The predicted octanol–water partition coefficient (Wildman–Crippen LogP) is 2.31. The van der Waals surface area contributed by atoms with Crippen molar-refractivity contribution in [1.82, 2.24) is 9.79 Å². The van der Waals surface area contributed by atoms with Crippen LogP contribution in [0.3, 0.4) is 0 Å². The van der Waals surface area contributed by atoms with Gasteiger partial charge < -0.3 is 18.9 Å². The van der Waals surface area contributed by atoms with Crippen LogP contribution < -0.4 is 24.4 Å². The Morgan fingerprint density at radius 1 is 1.00 bits per heavy atom. The van der Waals surface area contributed by atoms with Crippen LogP contribution in [0.4, 0.5) is 0 Å². The topological polar surface area (TPSA) is 124 Å². The van der Waals surface area contributed by atoms with E-state index < -0.39 is 15.9 Å². The van der Waals surface area contributed by atoms with Crippen LogP contribution in [-0.4, -0.2) is 64.4 Å². The number of para-hydroxylation sites is 2. The third-order valence-electron chi connectivity index (χ3n) is 5.22. The number of nitrogens with one attached hydrogen (secondary N) is 1. The Balaban J connectivity index is 0.00000385. The van der Waals surface area contributed by atoms with Gasteiger partial charge in [0, 0.05) is 14.5 Å². The molecule has 0 aliphatic carbocycles. The molecule has 176 valence electrons. The number of hydrogen-bond acceptors (Lipinski definition) is 8. The molecule has 1 fully saturated rings. The van der Waals surface area contributed by atoms with E-state index in [1.54, 1.807) is 19.2 Å². The van der Waals surface area contributed by atoms with E-state index in [0.717, 1.165) is 0 Å². The van der Waals surface area contributed by atoms with Gasteiger partial charge in [-0.15, -0.1) is 0 Å². The molecule has 0 spiro atoms. The van der Waals surface area contributed by atoms with E-state index >= 15 is 0 Å². The maximum atomic E-state index is 13.4. The van der Waals surface area contributed by atoms with Gasteiger partial charge in [-0.25, -0.2) is 13.9 Å². The molecule has 0 bridgehead atoms. The molecule has 1 amide bonds. The molecule has 0 unspecified atom stereocenters. The Labute approximate surface area is 188 Å². The number of ether oxygens (including phenoxy) is 4. The van der Waals surface area contributed by atoms with Crippen molar-refractivity contribution in [2.75, 3.05) is 34.4 Å². The van der Waals surface area contributed by atoms with Gasteiger partial charge >= 0.3 is 0 Å². The van der Waals surface area contributed by atoms with Crippen molar-refractivity contribution in [2.24, 2.45) is 0 Å². The summed E-state index contributed by atoms with van der Waals surface area (Å²) in [7, 11) is 0.128. The van der Waals surface area contributed by atoms with Crippen molar-refractivity contribution in [3.63, 3.8) is 0 Å². The monoisotopic (exact) mass is 468 g/mol. The molecule has 3 rings (SSSR count). The highest BCUT2D eigenvalue weighted by atomic mass is 32.2. The van der Waals surface area contributed by atoms with Gasteiger partial charge in [-0.1, -0.05) is 12.1 Å². The molecule has 10 nitrogen and oxygen atoms in total. The van der Waals surface area contributed by atoms with Crippen LogP contribution in [0.5, 0.6) is 23.0 Å². The average Bonchev–Trinajstić information content (AvgIpc) is 2.83. The maximum Gasteiger partial charge on any atom is 0.279 e. The lowest BCUT2D eigenvalue weighted by molar-refractivity contribution is 0.0698. The van der Waals surface area contributed by atoms with Crippen LogP contribution in [0.25, 0.3) is 0 Å². The molecule has 0 saturated carbocycles. The second-order valence-corrected chi connectivity index (χ2v) is 8.89. The fourth-order valence-electron chi connectivity index (χ4n) is 3.62. The van der Waals surface area contributed by atoms with E-state index in [1.165, 1.54) is 36.1 Å². The molecule has 0 atom stereocenters. The van der Waals surface area contributed by atoms with Crippen molar-refractivity contribution < 1.29 is 38.8 Å². The van der Waals surface area contributed by atoms with Gasteiger partial charge in [0.15, 0.2) is 23.0 Å². The fourth-order valence-corrected chi connectivity index (χ4v) is 5.27. The number of hydroxylamine groups is 1. The highest BCUT2D eigenvalue weighted by molar-refractivity contribution is 7.89. The Morgan fingerprint density at radius 3 is 2.19 bits per heavy atom. The van der Waals surface area contributed by atoms with Crippen LogP contribution in [0.2, 0.25) is 0 Å². The van der Waals surface area contributed by atoms with Crippen molar-refractivity contribution in [3.05, 3.63) is 42.0 Å². The SMILES string of the molecule is COc1ccccc1OC1CCN(S(=O)(=O)c2ccc(OC)c(OC)c2C(=O)NO)CC1.[HH]. The highest BCUT2D eigenvalue weighted by Crippen LogP contribution is 2.37. The number of hydrogen-bond donors (Lipinski definition) is 2. The number of amides is 1. The molecule has 1 aliphatic rings. The number of methoxy groups -OCH3 is 3. The molecule has 2 aromatic carbocycles. The molecular weight excluding hydrogens is 440 g/mol. The minimum absolute atomic E-state index is 0. The van der Waals surface area contributed by atoms with E-state index in [2.05, 4.69) is 0 Å². The third-order valence-corrected chi connectivity index (χ3v) is 7.16. The lowest BCUT2D eigenvalue weighted by Gasteiger charge is -2.32. The van der Waals surface area contributed by atoms with Crippen molar-refractivity contribution in [1.29, 1.82) is 0 Å². The van der Waals surface area contributed by atoms with Gasteiger partial charge in [0.1, 0.15) is 11.7 Å². The van der Waals surface area contributed by atoms with Crippen LogP contribution in [0.15, 0.2) is 41.3 Å². The average molecular weight is 469 g/mol. The summed E-state index contributed by atoms with van der Waals surface area (Å²) in [6, 6.07) is 9.92. The number of carbonyl (C=O) groups is 1. The minimum atomic E-state index is -4.07.